The van der Waals surface area contributed by atoms with Crippen LogP contribution in [0.1, 0.15) is 27.9 Å². The quantitative estimate of drug-likeness (QED) is 0.749. The molecule has 2 N–H and O–H groups in total. The van der Waals surface area contributed by atoms with Crippen LogP contribution in [0.3, 0.4) is 0 Å². The van der Waals surface area contributed by atoms with Crippen molar-refractivity contribution in [1.29, 1.82) is 0 Å². The van der Waals surface area contributed by atoms with Gasteiger partial charge in [0.2, 0.25) is 0 Å². The molecule has 3 heteroatoms. The normalized spacial score (nSPS) is 10.3. The molecular weight excluding hydrogens is 181 g/mol. The van der Waals surface area contributed by atoms with Crippen molar-refractivity contribution in [1.82, 2.24) is 0 Å². The number of rotatable bonds is 3. The van der Waals surface area contributed by atoms with Crippen LogP contribution in [-0.4, -0.2) is 12.3 Å². The molecule has 76 valence electrons. The first kappa shape index (κ1) is 10.9. The van der Waals surface area contributed by atoms with E-state index in [1.807, 2.05) is 6.92 Å². The van der Waals surface area contributed by atoms with E-state index in [1.165, 1.54) is 0 Å². The lowest BCUT2D eigenvalue weighted by atomic mass is 10.0. The maximum absolute atomic E-state index is 13.5. The highest BCUT2D eigenvalue weighted by atomic mass is 19.1. The first-order valence-corrected chi connectivity index (χ1v) is 4.56. The van der Waals surface area contributed by atoms with Crippen molar-refractivity contribution in [3.05, 3.63) is 34.6 Å². The van der Waals surface area contributed by atoms with Gasteiger partial charge in [0.25, 0.3) is 0 Å². The van der Waals surface area contributed by atoms with E-state index in [2.05, 4.69) is 0 Å². The molecule has 0 spiro atoms. The Morgan fingerprint density at radius 3 is 2.64 bits per heavy atom. The van der Waals surface area contributed by atoms with E-state index in [0.29, 0.717) is 5.56 Å². The lowest BCUT2D eigenvalue weighted by molar-refractivity contribution is 0.0981. The van der Waals surface area contributed by atoms with Crippen LogP contribution in [0.15, 0.2) is 12.1 Å². The second-order valence-electron chi connectivity index (χ2n) is 3.41. The summed E-state index contributed by atoms with van der Waals surface area (Å²) in [5.74, 6) is -0.647. The van der Waals surface area contributed by atoms with Gasteiger partial charge in [-0.05, 0) is 37.6 Å². The molecule has 14 heavy (non-hydrogen) atoms. The van der Waals surface area contributed by atoms with Gasteiger partial charge in [0.15, 0.2) is 5.78 Å². The van der Waals surface area contributed by atoms with Crippen molar-refractivity contribution in [3.8, 4) is 0 Å². The third kappa shape index (κ3) is 2.17. The summed E-state index contributed by atoms with van der Waals surface area (Å²) in [5.41, 5.74) is 6.81. The lowest BCUT2D eigenvalue weighted by Crippen LogP contribution is -2.10. The first-order chi connectivity index (χ1) is 6.56. The topological polar surface area (TPSA) is 43.1 Å². The van der Waals surface area contributed by atoms with Gasteiger partial charge in [0, 0.05) is 6.42 Å². The second-order valence-corrected chi connectivity index (χ2v) is 3.41. The van der Waals surface area contributed by atoms with Crippen molar-refractivity contribution in [3.63, 3.8) is 0 Å². The Hall–Kier alpha value is -1.22. The Bertz CT molecular complexity index is 361. The van der Waals surface area contributed by atoms with Crippen LogP contribution in [0.4, 0.5) is 4.39 Å². The van der Waals surface area contributed by atoms with Gasteiger partial charge in [-0.3, -0.25) is 4.79 Å². The smallest absolute Gasteiger partial charge is 0.167 e. The highest BCUT2D eigenvalue weighted by molar-refractivity contribution is 5.96. The summed E-state index contributed by atoms with van der Waals surface area (Å²) in [5, 5.41) is 0. The zero-order chi connectivity index (χ0) is 10.7. The lowest BCUT2D eigenvalue weighted by Gasteiger charge is -2.05. The van der Waals surface area contributed by atoms with Crippen LogP contribution >= 0.6 is 0 Å². The molecule has 0 amide bonds. The molecule has 2 nitrogen and oxygen atoms in total. The number of nitrogens with two attached hydrogens (primary N) is 1. The molecule has 0 bridgehead atoms. The maximum atomic E-state index is 13.5. The largest absolute Gasteiger partial charge is 0.330 e. The van der Waals surface area contributed by atoms with Gasteiger partial charge in [-0.15, -0.1) is 0 Å². The van der Waals surface area contributed by atoms with Crippen LogP contribution in [-0.2, 0) is 0 Å². The van der Waals surface area contributed by atoms with Crippen LogP contribution < -0.4 is 5.73 Å². The average molecular weight is 195 g/mol. The van der Waals surface area contributed by atoms with Crippen LogP contribution in [0.5, 0.6) is 0 Å². The molecule has 1 aromatic carbocycles. The summed E-state index contributed by atoms with van der Waals surface area (Å²) in [6.45, 7) is 3.75. The van der Waals surface area contributed by atoms with Crippen molar-refractivity contribution < 1.29 is 9.18 Å². The first-order valence-electron chi connectivity index (χ1n) is 4.56. The fraction of sp³-hybridized carbons (Fsp3) is 0.364. The molecule has 0 aromatic heterocycles. The van der Waals surface area contributed by atoms with E-state index in [4.69, 9.17) is 5.73 Å². The summed E-state index contributed by atoms with van der Waals surface area (Å²) in [7, 11) is 0. The summed E-state index contributed by atoms with van der Waals surface area (Å²) >= 11 is 0. The Kier molecular flexibility index (Phi) is 3.36. The number of benzene rings is 1. The standard InChI is InChI=1S/C11H14FNO/c1-7-5-8(2)11(12)9(6-7)10(14)3-4-13/h5-6H,3-4,13H2,1-2H3. The fourth-order valence-corrected chi connectivity index (χ4v) is 1.42. The Labute approximate surface area is 82.9 Å². The predicted molar refractivity (Wildman–Crippen MR) is 53.9 cm³/mol. The highest BCUT2D eigenvalue weighted by Crippen LogP contribution is 2.16. The number of hydrogen-bond donors (Lipinski definition) is 1. The van der Waals surface area contributed by atoms with Gasteiger partial charge < -0.3 is 5.73 Å². The van der Waals surface area contributed by atoms with Gasteiger partial charge in [0.05, 0.1) is 5.56 Å². The molecule has 0 atom stereocenters. The third-order valence-electron chi connectivity index (χ3n) is 2.07. The van der Waals surface area contributed by atoms with Gasteiger partial charge in [-0.1, -0.05) is 6.07 Å². The molecule has 0 aliphatic carbocycles. The SMILES string of the molecule is Cc1cc(C)c(F)c(C(=O)CCN)c1. The zero-order valence-electron chi connectivity index (χ0n) is 8.43. The van der Waals surface area contributed by atoms with E-state index in [9.17, 15) is 9.18 Å². The minimum absolute atomic E-state index is 0.160. The Balaban J connectivity index is 3.13. The van der Waals surface area contributed by atoms with Gasteiger partial charge >= 0.3 is 0 Å². The number of carbonyl (C=O) groups is 1. The third-order valence-corrected chi connectivity index (χ3v) is 2.07. The number of halogens is 1. The maximum Gasteiger partial charge on any atom is 0.167 e. The molecule has 1 rings (SSSR count). The van der Waals surface area contributed by atoms with E-state index >= 15 is 0 Å². The summed E-state index contributed by atoms with van der Waals surface area (Å²) in [4.78, 5) is 11.4. The van der Waals surface area contributed by atoms with Gasteiger partial charge in [-0.25, -0.2) is 4.39 Å². The fourth-order valence-electron chi connectivity index (χ4n) is 1.42. The van der Waals surface area contributed by atoms with E-state index in [1.54, 1.807) is 19.1 Å². The summed E-state index contributed by atoms with van der Waals surface area (Å²) in [6.07, 6.45) is 0.194. The predicted octanol–water partition coefficient (Wildman–Crippen LogP) is 1.97. The van der Waals surface area contributed by atoms with Crippen LogP contribution in [0.2, 0.25) is 0 Å². The molecule has 0 aliphatic rings. The van der Waals surface area contributed by atoms with Crippen molar-refractivity contribution >= 4 is 5.78 Å². The van der Waals surface area contributed by atoms with Crippen molar-refractivity contribution in [2.75, 3.05) is 6.54 Å². The van der Waals surface area contributed by atoms with Crippen LogP contribution in [0, 0.1) is 19.7 Å². The number of ketones is 1. The highest BCUT2D eigenvalue weighted by Gasteiger charge is 2.13. The minimum Gasteiger partial charge on any atom is -0.330 e. The number of aryl methyl sites for hydroxylation is 2. The van der Waals surface area contributed by atoms with Crippen LogP contribution in [0.25, 0.3) is 0 Å². The molecule has 0 aliphatic heterocycles. The zero-order valence-corrected chi connectivity index (χ0v) is 8.43. The van der Waals surface area contributed by atoms with E-state index < -0.39 is 5.82 Å². The Morgan fingerprint density at radius 2 is 2.07 bits per heavy atom. The minimum atomic E-state index is -0.422. The summed E-state index contributed by atoms with van der Waals surface area (Å²) in [6, 6.07) is 3.29. The average Bonchev–Trinajstić information content (AvgIpc) is 2.11. The molecule has 0 saturated carbocycles. The number of hydrogen-bond acceptors (Lipinski definition) is 2. The molecule has 0 unspecified atom stereocenters. The second kappa shape index (κ2) is 4.33. The van der Waals surface area contributed by atoms with Crippen molar-refractivity contribution in [2.24, 2.45) is 5.73 Å². The molecule has 1 aromatic rings. The molecule has 0 saturated heterocycles. The molecule has 0 radical (unpaired) electrons. The van der Waals surface area contributed by atoms with Crippen molar-refractivity contribution in [2.45, 2.75) is 20.3 Å². The summed E-state index contributed by atoms with van der Waals surface area (Å²) < 4.78 is 13.5. The van der Waals surface area contributed by atoms with Gasteiger partial charge in [0.1, 0.15) is 5.82 Å². The number of carbonyl (C=O) groups excluding carboxylic acids is 1. The van der Waals surface area contributed by atoms with E-state index in [0.717, 1.165) is 5.56 Å². The van der Waals surface area contributed by atoms with E-state index in [-0.39, 0.29) is 24.3 Å². The Morgan fingerprint density at radius 1 is 1.43 bits per heavy atom. The molecular formula is C11H14FNO. The monoisotopic (exact) mass is 195 g/mol. The molecule has 0 heterocycles. The van der Waals surface area contributed by atoms with Gasteiger partial charge in [-0.2, -0.15) is 0 Å². The number of Topliss-reactive ketones (excluding diaryl/α,β-unsaturated/α-hetero) is 1. The molecule has 0 fully saturated rings.